The zero-order valence-electron chi connectivity index (χ0n) is 12.0. The van der Waals surface area contributed by atoms with Crippen LogP contribution in [0, 0.1) is 10.1 Å². The van der Waals surface area contributed by atoms with Gasteiger partial charge in [0.1, 0.15) is 6.20 Å². The lowest BCUT2D eigenvalue weighted by atomic mass is 10.3. The second kappa shape index (κ2) is 8.26. The third-order valence-electron chi connectivity index (χ3n) is 2.50. The van der Waals surface area contributed by atoms with Crippen LogP contribution in [0.2, 0.25) is 0 Å². The fourth-order valence-corrected chi connectivity index (χ4v) is 1.51. The van der Waals surface area contributed by atoms with Crippen molar-refractivity contribution in [2.45, 2.75) is 32.8 Å². The number of nitro groups is 1. The molecule has 0 aromatic carbocycles. The molecule has 1 aromatic rings. The summed E-state index contributed by atoms with van der Waals surface area (Å²) in [6, 6.07) is 0. The minimum atomic E-state index is -0.496. The van der Waals surface area contributed by atoms with Gasteiger partial charge in [0.25, 0.3) is 0 Å². The molecule has 0 aliphatic heterocycles. The monoisotopic (exact) mass is 283 g/mol. The Morgan fingerprint density at radius 3 is 2.80 bits per heavy atom. The molecular formula is C12H21N5O3. The van der Waals surface area contributed by atoms with Crippen LogP contribution in [0.1, 0.15) is 26.7 Å². The highest BCUT2D eigenvalue weighted by Crippen LogP contribution is 2.21. The highest BCUT2D eigenvalue weighted by Gasteiger charge is 2.16. The Kier molecular flexibility index (Phi) is 6.65. The first kappa shape index (κ1) is 16.1. The van der Waals surface area contributed by atoms with Gasteiger partial charge in [-0.05, 0) is 26.7 Å². The third-order valence-corrected chi connectivity index (χ3v) is 2.50. The molecule has 0 unspecified atom stereocenters. The minimum absolute atomic E-state index is 0.123. The lowest BCUT2D eigenvalue weighted by Crippen LogP contribution is -2.10. The number of unbranched alkanes of at least 4 members (excludes halogenated alkanes) is 1. The lowest BCUT2D eigenvalue weighted by molar-refractivity contribution is -0.384. The van der Waals surface area contributed by atoms with Crippen LogP contribution in [-0.2, 0) is 4.74 Å². The van der Waals surface area contributed by atoms with E-state index in [1.54, 1.807) is 7.05 Å². The van der Waals surface area contributed by atoms with Crippen molar-refractivity contribution >= 4 is 17.5 Å². The van der Waals surface area contributed by atoms with Gasteiger partial charge in [-0.3, -0.25) is 10.1 Å². The van der Waals surface area contributed by atoms with E-state index in [4.69, 9.17) is 4.74 Å². The van der Waals surface area contributed by atoms with E-state index in [0.29, 0.717) is 19.1 Å². The molecule has 0 bridgehead atoms. The number of hydrogen-bond donors (Lipinski definition) is 2. The maximum absolute atomic E-state index is 10.9. The minimum Gasteiger partial charge on any atom is -0.379 e. The van der Waals surface area contributed by atoms with Gasteiger partial charge in [-0.2, -0.15) is 4.98 Å². The summed E-state index contributed by atoms with van der Waals surface area (Å²) in [5, 5.41) is 16.6. The first-order chi connectivity index (χ1) is 9.54. The standard InChI is InChI=1S/C12H21N5O3/c1-9(2)20-7-5-4-6-14-11-10(17(18)19)8-15-12(13-3)16-11/h8-9H,4-7H2,1-3H3,(H2,13,14,15,16). The molecule has 0 aliphatic carbocycles. The van der Waals surface area contributed by atoms with Gasteiger partial charge in [0.05, 0.1) is 11.0 Å². The van der Waals surface area contributed by atoms with Crippen LogP contribution in [0.4, 0.5) is 17.5 Å². The van der Waals surface area contributed by atoms with Gasteiger partial charge in [0.2, 0.25) is 11.8 Å². The largest absolute Gasteiger partial charge is 0.379 e. The molecule has 1 rings (SSSR count). The average Bonchev–Trinajstić information content (AvgIpc) is 2.41. The molecular weight excluding hydrogens is 262 g/mol. The molecule has 1 aromatic heterocycles. The van der Waals surface area contributed by atoms with Crippen molar-refractivity contribution in [3.05, 3.63) is 16.3 Å². The third kappa shape index (κ3) is 5.35. The zero-order valence-corrected chi connectivity index (χ0v) is 12.0. The zero-order chi connectivity index (χ0) is 15.0. The van der Waals surface area contributed by atoms with E-state index in [1.165, 1.54) is 6.20 Å². The Bertz CT molecular complexity index is 439. The van der Waals surface area contributed by atoms with Crippen LogP contribution in [0.25, 0.3) is 0 Å². The average molecular weight is 283 g/mol. The van der Waals surface area contributed by atoms with Gasteiger partial charge in [0.15, 0.2) is 0 Å². The Morgan fingerprint density at radius 1 is 1.45 bits per heavy atom. The van der Waals surface area contributed by atoms with E-state index in [1.807, 2.05) is 13.8 Å². The van der Waals surface area contributed by atoms with Gasteiger partial charge in [-0.15, -0.1) is 0 Å². The molecule has 8 heteroatoms. The van der Waals surface area contributed by atoms with Crippen LogP contribution >= 0.6 is 0 Å². The Morgan fingerprint density at radius 2 is 2.20 bits per heavy atom. The van der Waals surface area contributed by atoms with Crippen molar-refractivity contribution in [2.75, 3.05) is 30.8 Å². The summed E-state index contributed by atoms with van der Waals surface area (Å²) in [6.07, 6.45) is 3.17. The van der Waals surface area contributed by atoms with E-state index >= 15 is 0 Å². The summed E-state index contributed by atoms with van der Waals surface area (Å²) in [4.78, 5) is 18.3. The Labute approximate surface area is 118 Å². The number of aromatic nitrogens is 2. The highest BCUT2D eigenvalue weighted by molar-refractivity contribution is 5.56. The molecule has 0 saturated carbocycles. The summed E-state index contributed by atoms with van der Waals surface area (Å²) in [5.41, 5.74) is -0.123. The Balaban J connectivity index is 2.47. The van der Waals surface area contributed by atoms with Crippen LogP contribution in [0.3, 0.4) is 0 Å². The van der Waals surface area contributed by atoms with Gasteiger partial charge in [-0.25, -0.2) is 4.98 Å². The van der Waals surface area contributed by atoms with Gasteiger partial charge < -0.3 is 15.4 Å². The quantitative estimate of drug-likeness (QED) is 0.406. The normalized spacial score (nSPS) is 10.6. The van der Waals surface area contributed by atoms with E-state index in [2.05, 4.69) is 20.6 Å². The number of anilines is 2. The first-order valence-corrected chi connectivity index (χ1v) is 6.59. The van der Waals surface area contributed by atoms with Crippen molar-refractivity contribution in [2.24, 2.45) is 0 Å². The Hall–Kier alpha value is -1.96. The predicted octanol–water partition coefficient (Wildman–Crippen LogP) is 2.04. The van der Waals surface area contributed by atoms with Crippen LogP contribution in [0.5, 0.6) is 0 Å². The number of nitrogens with zero attached hydrogens (tertiary/aromatic N) is 3. The molecule has 0 fully saturated rings. The molecule has 0 atom stereocenters. The molecule has 0 saturated heterocycles. The number of rotatable bonds is 9. The van der Waals surface area contributed by atoms with E-state index < -0.39 is 4.92 Å². The molecule has 2 N–H and O–H groups in total. The van der Waals surface area contributed by atoms with E-state index in [9.17, 15) is 10.1 Å². The topological polar surface area (TPSA) is 102 Å². The summed E-state index contributed by atoms with van der Waals surface area (Å²) in [5.74, 6) is 0.584. The van der Waals surface area contributed by atoms with Crippen molar-refractivity contribution in [3.63, 3.8) is 0 Å². The van der Waals surface area contributed by atoms with Crippen molar-refractivity contribution in [3.8, 4) is 0 Å². The summed E-state index contributed by atoms with van der Waals surface area (Å²) >= 11 is 0. The molecule has 0 aliphatic rings. The summed E-state index contributed by atoms with van der Waals surface area (Å²) in [6.45, 7) is 5.26. The smallest absolute Gasteiger partial charge is 0.329 e. The highest BCUT2D eigenvalue weighted by atomic mass is 16.6. The second-order valence-electron chi connectivity index (χ2n) is 4.49. The van der Waals surface area contributed by atoms with Gasteiger partial charge >= 0.3 is 5.69 Å². The van der Waals surface area contributed by atoms with Crippen LogP contribution in [0.15, 0.2) is 6.20 Å². The summed E-state index contributed by atoms with van der Waals surface area (Å²) < 4.78 is 5.42. The van der Waals surface area contributed by atoms with Crippen molar-refractivity contribution in [1.29, 1.82) is 0 Å². The van der Waals surface area contributed by atoms with Crippen molar-refractivity contribution < 1.29 is 9.66 Å². The fourth-order valence-electron chi connectivity index (χ4n) is 1.51. The molecule has 0 amide bonds. The van der Waals surface area contributed by atoms with Gasteiger partial charge in [-0.1, -0.05) is 0 Å². The second-order valence-corrected chi connectivity index (χ2v) is 4.49. The molecule has 0 radical (unpaired) electrons. The number of hydrogen-bond acceptors (Lipinski definition) is 7. The maximum atomic E-state index is 10.9. The number of nitrogens with one attached hydrogen (secondary N) is 2. The molecule has 112 valence electrons. The van der Waals surface area contributed by atoms with E-state index in [0.717, 1.165) is 12.8 Å². The summed E-state index contributed by atoms with van der Waals surface area (Å²) in [7, 11) is 1.66. The molecule has 1 heterocycles. The molecule has 0 spiro atoms. The fraction of sp³-hybridized carbons (Fsp3) is 0.667. The number of ether oxygens (including phenoxy) is 1. The van der Waals surface area contributed by atoms with Gasteiger partial charge in [0, 0.05) is 20.2 Å². The van der Waals surface area contributed by atoms with Crippen LogP contribution < -0.4 is 10.6 Å². The van der Waals surface area contributed by atoms with E-state index in [-0.39, 0.29) is 17.6 Å². The van der Waals surface area contributed by atoms with Crippen LogP contribution in [-0.4, -0.2) is 41.2 Å². The lowest BCUT2D eigenvalue weighted by Gasteiger charge is -2.09. The SMILES string of the molecule is CNc1ncc([N+](=O)[O-])c(NCCCCOC(C)C)n1. The van der Waals surface area contributed by atoms with Crippen molar-refractivity contribution in [1.82, 2.24) is 9.97 Å². The maximum Gasteiger partial charge on any atom is 0.329 e. The molecule has 8 nitrogen and oxygen atoms in total. The first-order valence-electron chi connectivity index (χ1n) is 6.59. The molecule has 20 heavy (non-hydrogen) atoms. The predicted molar refractivity (Wildman–Crippen MR) is 77.0 cm³/mol.